The van der Waals surface area contributed by atoms with Crippen molar-refractivity contribution in [3.8, 4) is 0 Å². The van der Waals surface area contributed by atoms with Crippen molar-refractivity contribution < 1.29 is 4.79 Å². The topological polar surface area (TPSA) is 64.7 Å². The molecule has 0 fully saturated rings. The Labute approximate surface area is 141 Å². The number of carbonyl (C=O) groups excluding carboxylic acids is 1. The SMILES string of the molecule is Cc1cnn(CC(=O)NCCc2cnn(Cc3ccccc3)c2)c1. The Bertz CT molecular complexity index is 791. The minimum Gasteiger partial charge on any atom is -0.354 e. The molecule has 0 aliphatic carbocycles. The molecule has 0 spiro atoms. The Morgan fingerprint density at radius 1 is 1.04 bits per heavy atom. The molecule has 2 aromatic heterocycles. The van der Waals surface area contributed by atoms with Crippen molar-refractivity contribution in [1.82, 2.24) is 24.9 Å². The molecule has 0 bridgehead atoms. The van der Waals surface area contributed by atoms with Gasteiger partial charge in [-0.25, -0.2) is 0 Å². The average molecular weight is 323 g/mol. The van der Waals surface area contributed by atoms with E-state index in [1.54, 1.807) is 10.9 Å². The summed E-state index contributed by atoms with van der Waals surface area (Å²) in [5.41, 5.74) is 3.38. The van der Waals surface area contributed by atoms with E-state index in [4.69, 9.17) is 0 Å². The Morgan fingerprint density at radius 2 is 1.83 bits per heavy atom. The predicted octanol–water partition coefficient (Wildman–Crippen LogP) is 1.80. The molecule has 2 heterocycles. The van der Waals surface area contributed by atoms with Gasteiger partial charge in [0.25, 0.3) is 0 Å². The molecule has 0 saturated heterocycles. The van der Waals surface area contributed by atoms with Crippen molar-refractivity contribution in [3.05, 3.63) is 71.8 Å². The van der Waals surface area contributed by atoms with Crippen LogP contribution in [0.3, 0.4) is 0 Å². The Hall–Kier alpha value is -2.89. The van der Waals surface area contributed by atoms with Gasteiger partial charge >= 0.3 is 0 Å². The van der Waals surface area contributed by atoms with Crippen LogP contribution in [0.4, 0.5) is 0 Å². The van der Waals surface area contributed by atoms with Crippen LogP contribution in [-0.4, -0.2) is 32.0 Å². The largest absolute Gasteiger partial charge is 0.354 e. The summed E-state index contributed by atoms with van der Waals surface area (Å²) in [6.07, 6.45) is 8.24. The minimum atomic E-state index is -0.0326. The van der Waals surface area contributed by atoms with Crippen molar-refractivity contribution >= 4 is 5.91 Å². The van der Waals surface area contributed by atoms with E-state index in [-0.39, 0.29) is 12.5 Å². The van der Waals surface area contributed by atoms with E-state index in [0.29, 0.717) is 6.54 Å². The predicted molar refractivity (Wildman–Crippen MR) is 91.4 cm³/mol. The third-order valence-corrected chi connectivity index (χ3v) is 3.68. The number of nitrogens with one attached hydrogen (secondary N) is 1. The number of nitrogens with zero attached hydrogens (tertiary/aromatic N) is 4. The van der Waals surface area contributed by atoms with Gasteiger partial charge in [0.2, 0.25) is 5.91 Å². The van der Waals surface area contributed by atoms with E-state index in [2.05, 4.69) is 27.6 Å². The summed E-state index contributed by atoms with van der Waals surface area (Å²) in [5.74, 6) is -0.0326. The lowest BCUT2D eigenvalue weighted by molar-refractivity contribution is -0.121. The number of benzene rings is 1. The van der Waals surface area contributed by atoms with Gasteiger partial charge in [-0.2, -0.15) is 10.2 Å². The maximum absolute atomic E-state index is 11.9. The Kier molecular flexibility index (Phi) is 5.05. The standard InChI is InChI=1S/C18H21N5O/c1-15-9-20-22(11-15)14-18(24)19-8-7-17-10-21-23(13-17)12-16-5-3-2-4-6-16/h2-6,9-11,13H,7-8,12,14H2,1H3,(H,19,24). The number of rotatable bonds is 7. The number of hydrogen-bond acceptors (Lipinski definition) is 3. The number of amides is 1. The van der Waals surface area contributed by atoms with Gasteiger partial charge in [0, 0.05) is 18.9 Å². The second-order valence-corrected chi connectivity index (χ2v) is 5.85. The van der Waals surface area contributed by atoms with E-state index in [1.807, 2.05) is 48.4 Å². The first-order chi connectivity index (χ1) is 11.7. The fraction of sp³-hybridized carbons (Fsp3) is 0.278. The molecule has 124 valence electrons. The molecule has 3 aromatic rings. The van der Waals surface area contributed by atoms with Gasteiger partial charge in [-0.15, -0.1) is 0 Å². The highest BCUT2D eigenvalue weighted by Gasteiger charge is 2.04. The van der Waals surface area contributed by atoms with E-state index in [9.17, 15) is 4.79 Å². The monoisotopic (exact) mass is 323 g/mol. The highest BCUT2D eigenvalue weighted by atomic mass is 16.2. The smallest absolute Gasteiger partial charge is 0.241 e. The van der Waals surface area contributed by atoms with Crippen molar-refractivity contribution in [2.24, 2.45) is 0 Å². The third kappa shape index (κ3) is 4.55. The maximum Gasteiger partial charge on any atom is 0.241 e. The quantitative estimate of drug-likeness (QED) is 0.721. The number of hydrogen-bond donors (Lipinski definition) is 1. The molecule has 1 aromatic carbocycles. The van der Waals surface area contributed by atoms with Crippen molar-refractivity contribution in [2.45, 2.75) is 26.4 Å². The second kappa shape index (κ2) is 7.59. The normalized spacial score (nSPS) is 10.7. The van der Waals surface area contributed by atoms with Crippen LogP contribution in [0.5, 0.6) is 0 Å². The molecule has 1 amide bonds. The molecule has 0 saturated carbocycles. The fourth-order valence-corrected chi connectivity index (χ4v) is 2.50. The molecule has 6 nitrogen and oxygen atoms in total. The number of aryl methyl sites for hydroxylation is 1. The van der Waals surface area contributed by atoms with E-state index in [0.717, 1.165) is 24.1 Å². The molecule has 6 heteroatoms. The van der Waals surface area contributed by atoms with Gasteiger partial charge in [-0.1, -0.05) is 30.3 Å². The Morgan fingerprint density at radius 3 is 2.58 bits per heavy atom. The molecule has 0 atom stereocenters. The molecule has 24 heavy (non-hydrogen) atoms. The van der Waals surface area contributed by atoms with Gasteiger partial charge in [-0.3, -0.25) is 14.2 Å². The summed E-state index contributed by atoms with van der Waals surface area (Å²) in [6.45, 7) is 3.55. The highest BCUT2D eigenvalue weighted by Crippen LogP contribution is 2.04. The molecule has 1 N–H and O–H groups in total. The zero-order valence-electron chi connectivity index (χ0n) is 13.7. The van der Waals surface area contributed by atoms with Crippen LogP contribution in [0, 0.1) is 6.92 Å². The number of aromatic nitrogens is 4. The third-order valence-electron chi connectivity index (χ3n) is 3.68. The van der Waals surface area contributed by atoms with E-state index >= 15 is 0 Å². The molecule has 0 aliphatic heterocycles. The lowest BCUT2D eigenvalue weighted by Crippen LogP contribution is -2.29. The van der Waals surface area contributed by atoms with Crippen LogP contribution in [0.1, 0.15) is 16.7 Å². The minimum absolute atomic E-state index is 0.0326. The zero-order valence-corrected chi connectivity index (χ0v) is 13.7. The summed E-state index contributed by atoms with van der Waals surface area (Å²) in [7, 11) is 0. The molecule has 0 aliphatic rings. The van der Waals surface area contributed by atoms with Crippen LogP contribution in [-0.2, 0) is 24.3 Å². The molecular weight excluding hydrogens is 302 g/mol. The summed E-state index contributed by atoms with van der Waals surface area (Å²) in [5, 5.41) is 11.4. The first-order valence-corrected chi connectivity index (χ1v) is 8.00. The lowest BCUT2D eigenvalue weighted by Gasteiger charge is -2.04. The first-order valence-electron chi connectivity index (χ1n) is 8.00. The van der Waals surface area contributed by atoms with Crippen LogP contribution in [0.25, 0.3) is 0 Å². The lowest BCUT2D eigenvalue weighted by atomic mass is 10.2. The number of carbonyl (C=O) groups is 1. The van der Waals surface area contributed by atoms with Gasteiger partial charge in [-0.05, 0) is 30.0 Å². The van der Waals surface area contributed by atoms with Crippen molar-refractivity contribution in [3.63, 3.8) is 0 Å². The van der Waals surface area contributed by atoms with Crippen LogP contribution in [0.2, 0.25) is 0 Å². The molecule has 3 rings (SSSR count). The van der Waals surface area contributed by atoms with Crippen LogP contribution >= 0.6 is 0 Å². The summed E-state index contributed by atoms with van der Waals surface area (Å²) >= 11 is 0. The Balaban J connectivity index is 1.43. The van der Waals surface area contributed by atoms with Crippen LogP contribution < -0.4 is 5.32 Å². The van der Waals surface area contributed by atoms with Gasteiger partial charge < -0.3 is 5.32 Å². The van der Waals surface area contributed by atoms with E-state index in [1.165, 1.54) is 5.56 Å². The molecule has 0 unspecified atom stereocenters. The van der Waals surface area contributed by atoms with Crippen molar-refractivity contribution in [1.29, 1.82) is 0 Å². The summed E-state index contributed by atoms with van der Waals surface area (Å²) in [6, 6.07) is 10.2. The first kappa shape index (κ1) is 16.0. The molecular formula is C18H21N5O. The summed E-state index contributed by atoms with van der Waals surface area (Å²) in [4.78, 5) is 11.9. The molecule has 0 radical (unpaired) electrons. The van der Waals surface area contributed by atoms with Crippen molar-refractivity contribution in [2.75, 3.05) is 6.54 Å². The van der Waals surface area contributed by atoms with Gasteiger partial charge in [0.05, 0.1) is 18.9 Å². The highest BCUT2D eigenvalue weighted by molar-refractivity contribution is 5.75. The summed E-state index contributed by atoms with van der Waals surface area (Å²) < 4.78 is 3.56. The zero-order chi connectivity index (χ0) is 16.8. The fourth-order valence-electron chi connectivity index (χ4n) is 2.50. The second-order valence-electron chi connectivity index (χ2n) is 5.85. The van der Waals surface area contributed by atoms with Gasteiger partial charge in [0.15, 0.2) is 0 Å². The van der Waals surface area contributed by atoms with Crippen LogP contribution in [0.15, 0.2) is 55.1 Å². The maximum atomic E-state index is 11.9. The van der Waals surface area contributed by atoms with E-state index < -0.39 is 0 Å². The average Bonchev–Trinajstić information content (AvgIpc) is 3.17. The van der Waals surface area contributed by atoms with Gasteiger partial charge in [0.1, 0.15) is 6.54 Å².